The smallest absolute Gasteiger partial charge is 0.168 e. The molecule has 0 aliphatic carbocycles. The summed E-state index contributed by atoms with van der Waals surface area (Å²) >= 11 is 0. The fourth-order valence-corrected chi connectivity index (χ4v) is 2.00. The van der Waals surface area contributed by atoms with Crippen molar-refractivity contribution in [2.24, 2.45) is 5.41 Å². The average Bonchev–Trinajstić information content (AvgIpc) is 2.45. The van der Waals surface area contributed by atoms with Gasteiger partial charge >= 0.3 is 0 Å². The van der Waals surface area contributed by atoms with E-state index < -0.39 is 0 Å². The maximum absolute atomic E-state index is 12.5. The quantitative estimate of drug-likeness (QED) is 0.557. The van der Waals surface area contributed by atoms with Crippen molar-refractivity contribution in [3.05, 3.63) is 71.3 Å². The zero-order valence-electron chi connectivity index (χ0n) is 12.3. The van der Waals surface area contributed by atoms with Crippen LogP contribution in [0, 0.1) is 5.41 Å². The van der Waals surface area contributed by atoms with E-state index in [1.54, 1.807) is 0 Å². The lowest BCUT2D eigenvalue weighted by Crippen LogP contribution is -2.20. The van der Waals surface area contributed by atoms with Crippen LogP contribution in [0.1, 0.15) is 42.3 Å². The molecular formula is C19H20O. The molecule has 0 unspecified atom stereocenters. The van der Waals surface area contributed by atoms with Crippen LogP contribution in [0.2, 0.25) is 0 Å². The molecule has 0 radical (unpaired) electrons. The van der Waals surface area contributed by atoms with Gasteiger partial charge in [0.15, 0.2) is 5.78 Å². The lowest BCUT2D eigenvalue weighted by molar-refractivity contribution is 0.0858. The summed E-state index contributed by atoms with van der Waals surface area (Å²) in [5.41, 5.74) is 2.52. The summed E-state index contributed by atoms with van der Waals surface area (Å²) < 4.78 is 0. The Kier molecular flexibility index (Phi) is 4.19. The topological polar surface area (TPSA) is 17.1 Å². The first-order valence-electron chi connectivity index (χ1n) is 6.85. The van der Waals surface area contributed by atoms with Gasteiger partial charge in [-0.05, 0) is 11.1 Å². The van der Waals surface area contributed by atoms with Gasteiger partial charge in [0.2, 0.25) is 0 Å². The zero-order valence-corrected chi connectivity index (χ0v) is 12.3. The van der Waals surface area contributed by atoms with E-state index in [1.165, 1.54) is 0 Å². The molecule has 0 amide bonds. The van der Waals surface area contributed by atoms with E-state index in [0.29, 0.717) is 0 Å². The standard InChI is InChI=1S/C19H20O/c1-19(2,3)18(20)17-12-8-7-11-16(17)14-13-15-9-5-4-6-10-15/h4-14H,1-3H3/b14-13+. The summed E-state index contributed by atoms with van der Waals surface area (Å²) in [6.07, 6.45) is 4.04. The third kappa shape index (κ3) is 3.45. The molecule has 102 valence electrons. The van der Waals surface area contributed by atoms with Gasteiger partial charge in [-0.25, -0.2) is 0 Å². The molecule has 0 fully saturated rings. The van der Waals surface area contributed by atoms with E-state index in [-0.39, 0.29) is 11.2 Å². The summed E-state index contributed by atoms with van der Waals surface area (Å²) in [6, 6.07) is 17.9. The fourth-order valence-electron chi connectivity index (χ4n) is 2.00. The molecule has 20 heavy (non-hydrogen) atoms. The highest BCUT2D eigenvalue weighted by atomic mass is 16.1. The maximum Gasteiger partial charge on any atom is 0.168 e. The minimum atomic E-state index is -0.364. The number of carbonyl (C=O) groups excluding carboxylic acids is 1. The molecule has 0 aliphatic heterocycles. The molecular weight excluding hydrogens is 244 g/mol. The Morgan fingerprint density at radius 3 is 2.10 bits per heavy atom. The summed E-state index contributed by atoms with van der Waals surface area (Å²) in [5, 5.41) is 0. The molecule has 0 atom stereocenters. The Morgan fingerprint density at radius 2 is 1.45 bits per heavy atom. The molecule has 2 rings (SSSR count). The molecule has 1 nitrogen and oxygen atoms in total. The van der Waals surface area contributed by atoms with Crippen molar-refractivity contribution in [1.29, 1.82) is 0 Å². The van der Waals surface area contributed by atoms with E-state index in [1.807, 2.05) is 87.5 Å². The third-order valence-electron chi connectivity index (χ3n) is 3.14. The Hall–Kier alpha value is -2.15. The van der Waals surface area contributed by atoms with Crippen LogP contribution in [0.5, 0.6) is 0 Å². The molecule has 2 aromatic rings. The van der Waals surface area contributed by atoms with Gasteiger partial charge in [-0.1, -0.05) is 87.5 Å². The molecule has 0 heterocycles. The zero-order chi connectivity index (χ0) is 14.6. The molecule has 0 saturated carbocycles. The van der Waals surface area contributed by atoms with Gasteiger partial charge < -0.3 is 0 Å². The summed E-state index contributed by atoms with van der Waals surface area (Å²) in [5.74, 6) is 0.172. The lowest BCUT2D eigenvalue weighted by Gasteiger charge is -2.18. The number of rotatable bonds is 3. The van der Waals surface area contributed by atoms with Crippen molar-refractivity contribution < 1.29 is 4.79 Å². The Bertz CT molecular complexity index is 616. The first-order valence-corrected chi connectivity index (χ1v) is 6.85. The molecule has 0 bridgehead atoms. The van der Waals surface area contributed by atoms with Crippen molar-refractivity contribution in [1.82, 2.24) is 0 Å². The lowest BCUT2D eigenvalue weighted by atomic mass is 9.84. The largest absolute Gasteiger partial charge is 0.294 e. The average molecular weight is 264 g/mol. The van der Waals surface area contributed by atoms with Crippen molar-refractivity contribution in [2.75, 3.05) is 0 Å². The number of benzene rings is 2. The molecule has 1 heteroatoms. The van der Waals surface area contributed by atoms with Crippen LogP contribution < -0.4 is 0 Å². The van der Waals surface area contributed by atoms with E-state index in [2.05, 4.69) is 0 Å². The van der Waals surface area contributed by atoms with Gasteiger partial charge in [0.25, 0.3) is 0 Å². The Labute approximate surface area is 121 Å². The number of ketones is 1. The van der Waals surface area contributed by atoms with Crippen LogP contribution in [0.25, 0.3) is 12.2 Å². The van der Waals surface area contributed by atoms with Crippen molar-refractivity contribution in [3.8, 4) is 0 Å². The van der Waals surface area contributed by atoms with Gasteiger partial charge in [0.05, 0.1) is 0 Å². The first-order chi connectivity index (χ1) is 9.48. The molecule has 0 saturated heterocycles. The molecule has 0 N–H and O–H groups in total. The number of hydrogen-bond acceptors (Lipinski definition) is 1. The van der Waals surface area contributed by atoms with Crippen LogP contribution in [-0.2, 0) is 0 Å². The van der Waals surface area contributed by atoms with Gasteiger partial charge in [-0.15, -0.1) is 0 Å². The monoisotopic (exact) mass is 264 g/mol. The molecule has 0 aliphatic rings. The van der Waals surface area contributed by atoms with Gasteiger partial charge in [-0.2, -0.15) is 0 Å². The second kappa shape index (κ2) is 5.87. The van der Waals surface area contributed by atoms with E-state index in [0.717, 1.165) is 16.7 Å². The minimum Gasteiger partial charge on any atom is -0.294 e. The predicted molar refractivity (Wildman–Crippen MR) is 85.6 cm³/mol. The number of hydrogen-bond donors (Lipinski definition) is 0. The summed E-state index contributed by atoms with van der Waals surface area (Å²) in [6.45, 7) is 5.85. The van der Waals surface area contributed by atoms with Gasteiger partial charge in [0, 0.05) is 11.0 Å². The highest BCUT2D eigenvalue weighted by Gasteiger charge is 2.24. The van der Waals surface area contributed by atoms with E-state index in [9.17, 15) is 4.79 Å². The van der Waals surface area contributed by atoms with Crippen LogP contribution in [0.15, 0.2) is 54.6 Å². The predicted octanol–water partition coefficient (Wildman–Crippen LogP) is 5.09. The second-order valence-corrected chi connectivity index (χ2v) is 5.91. The van der Waals surface area contributed by atoms with Crippen molar-refractivity contribution >= 4 is 17.9 Å². The summed E-state index contributed by atoms with van der Waals surface area (Å²) in [4.78, 5) is 12.5. The van der Waals surface area contributed by atoms with Crippen LogP contribution in [-0.4, -0.2) is 5.78 Å². The van der Waals surface area contributed by atoms with Crippen LogP contribution in [0.4, 0.5) is 0 Å². The maximum atomic E-state index is 12.5. The SMILES string of the molecule is CC(C)(C)C(=O)c1ccccc1/C=C/c1ccccc1. The van der Waals surface area contributed by atoms with E-state index >= 15 is 0 Å². The van der Waals surface area contributed by atoms with Crippen LogP contribution >= 0.6 is 0 Å². The highest BCUT2D eigenvalue weighted by Crippen LogP contribution is 2.24. The van der Waals surface area contributed by atoms with E-state index in [4.69, 9.17) is 0 Å². The molecule has 0 aromatic heterocycles. The summed E-state index contributed by atoms with van der Waals surface area (Å²) in [7, 11) is 0. The Morgan fingerprint density at radius 1 is 0.850 bits per heavy atom. The van der Waals surface area contributed by atoms with Gasteiger partial charge in [0.1, 0.15) is 0 Å². The van der Waals surface area contributed by atoms with Gasteiger partial charge in [-0.3, -0.25) is 4.79 Å². The number of Topliss-reactive ketones (excluding diaryl/α,β-unsaturated/α-hetero) is 1. The second-order valence-electron chi connectivity index (χ2n) is 5.91. The third-order valence-corrected chi connectivity index (χ3v) is 3.14. The molecule has 2 aromatic carbocycles. The normalized spacial score (nSPS) is 11.8. The number of carbonyl (C=O) groups is 1. The highest BCUT2D eigenvalue weighted by molar-refractivity contribution is 6.03. The fraction of sp³-hybridized carbons (Fsp3) is 0.211. The van der Waals surface area contributed by atoms with Crippen molar-refractivity contribution in [3.63, 3.8) is 0 Å². The first kappa shape index (κ1) is 14.3. The molecule has 0 spiro atoms. The minimum absolute atomic E-state index is 0.172. The van der Waals surface area contributed by atoms with Crippen LogP contribution in [0.3, 0.4) is 0 Å². The Balaban J connectivity index is 2.34. The van der Waals surface area contributed by atoms with Crippen molar-refractivity contribution in [2.45, 2.75) is 20.8 Å².